The van der Waals surface area contributed by atoms with E-state index < -0.39 is 5.54 Å². The van der Waals surface area contributed by atoms with Crippen LogP contribution in [0.2, 0.25) is 0 Å². The van der Waals surface area contributed by atoms with Crippen LogP contribution >= 0.6 is 15.9 Å². The van der Waals surface area contributed by atoms with Gasteiger partial charge in [-0.2, -0.15) is 0 Å². The molecular formula is C14H20BrN3O. The van der Waals surface area contributed by atoms with Gasteiger partial charge in [0.1, 0.15) is 5.54 Å². The molecule has 1 aliphatic heterocycles. The van der Waals surface area contributed by atoms with Crippen LogP contribution in [0.3, 0.4) is 0 Å². The van der Waals surface area contributed by atoms with Gasteiger partial charge in [-0.3, -0.25) is 9.69 Å². The molecule has 1 saturated heterocycles. The molecule has 0 bridgehead atoms. The molecule has 1 unspecified atom stereocenters. The first kappa shape index (κ1) is 14.5. The molecule has 1 atom stereocenters. The van der Waals surface area contributed by atoms with Crippen LogP contribution in [0.4, 0.5) is 0 Å². The fourth-order valence-corrected chi connectivity index (χ4v) is 2.96. The van der Waals surface area contributed by atoms with Gasteiger partial charge >= 0.3 is 0 Å². The van der Waals surface area contributed by atoms with E-state index in [2.05, 4.69) is 26.1 Å². The van der Waals surface area contributed by atoms with E-state index in [-0.39, 0.29) is 5.91 Å². The molecule has 0 radical (unpaired) electrons. The molecule has 0 spiro atoms. The van der Waals surface area contributed by atoms with Crippen LogP contribution in [0.15, 0.2) is 28.7 Å². The SMILES string of the molecule is CC(C(N)=O)(c1cccc(Br)c1)N1CCCNCC1. The van der Waals surface area contributed by atoms with Gasteiger partial charge in [0.25, 0.3) is 0 Å². The highest BCUT2D eigenvalue weighted by Gasteiger charge is 2.39. The number of primary amides is 1. The third kappa shape index (κ3) is 2.99. The second-order valence-corrected chi connectivity index (χ2v) is 5.95. The van der Waals surface area contributed by atoms with Crippen LogP contribution in [0.5, 0.6) is 0 Å². The van der Waals surface area contributed by atoms with Crippen molar-refractivity contribution in [3.63, 3.8) is 0 Å². The van der Waals surface area contributed by atoms with Crippen molar-refractivity contribution in [2.45, 2.75) is 18.9 Å². The number of carbonyl (C=O) groups excluding carboxylic acids is 1. The predicted octanol–water partition coefficient (Wildman–Crippen LogP) is 1.44. The van der Waals surface area contributed by atoms with Gasteiger partial charge in [0.15, 0.2) is 0 Å². The van der Waals surface area contributed by atoms with E-state index in [1.807, 2.05) is 31.2 Å². The molecule has 1 aliphatic rings. The van der Waals surface area contributed by atoms with Gasteiger partial charge in [-0.1, -0.05) is 28.1 Å². The lowest BCUT2D eigenvalue weighted by Gasteiger charge is -2.38. The van der Waals surface area contributed by atoms with Crippen LogP contribution in [0, 0.1) is 0 Å². The largest absolute Gasteiger partial charge is 0.368 e. The van der Waals surface area contributed by atoms with Gasteiger partial charge < -0.3 is 11.1 Å². The number of hydrogen-bond acceptors (Lipinski definition) is 3. The normalized spacial score (nSPS) is 20.5. The molecule has 2 rings (SSSR count). The first-order chi connectivity index (χ1) is 9.05. The summed E-state index contributed by atoms with van der Waals surface area (Å²) in [6.07, 6.45) is 1.02. The molecule has 1 amide bonds. The summed E-state index contributed by atoms with van der Waals surface area (Å²) in [5.41, 5.74) is 5.91. The van der Waals surface area contributed by atoms with Gasteiger partial charge in [0.05, 0.1) is 0 Å². The Morgan fingerprint density at radius 2 is 2.21 bits per heavy atom. The molecule has 0 saturated carbocycles. The smallest absolute Gasteiger partial charge is 0.242 e. The number of carbonyl (C=O) groups is 1. The lowest BCUT2D eigenvalue weighted by Crippen LogP contribution is -2.54. The molecule has 3 N–H and O–H groups in total. The van der Waals surface area contributed by atoms with E-state index in [1.165, 1.54) is 0 Å². The minimum absolute atomic E-state index is 0.299. The van der Waals surface area contributed by atoms with Crippen molar-refractivity contribution in [3.05, 3.63) is 34.3 Å². The van der Waals surface area contributed by atoms with E-state index >= 15 is 0 Å². The van der Waals surface area contributed by atoms with Crippen molar-refractivity contribution in [3.8, 4) is 0 Å². The Bertz CT molecular complexity index is 458. The number of nitrogens with zero attached hydrogens (tertiary/aromatic N) is 1. The lowest BCUT2D eigenvalue weighted by molar-refractivity contribution is -0.130. The van der Waals surface area contributed by atoms with Crippen molar-refractivity contribution < 1.29 is 4.79 Å². The average molecular weight is 326 g/mol. The van der Waals surface area contributed by atoms with Crippen LogP contribution in [0.1, 0.15) is 18.9 Å². The number of rotatable bonds is 3. The fraction of sp³-hybridized carbons (Fsp3) is 0.500. The van der Waals surface area contributed by atoms with Crippen molar-refractivity contribution >= 4 is 21.8 Å². The highest BCUT2D eigenvalue weighted by Crippen LogP contribution is 2.30. The van der Waals surface area contributed by atoms with Gasteiger partial charge in [-0.25, -0.2) is 0 Å². The van der Waals surface area contributed by atoms with E-state index in [1.54, 1.807) is 0 Å². The highest BCUT2D eigenvalue weighted by molar-refractivity contribution is 9.10. The Hall–Kier alpha value is -0.910. The van der Waals surface area contributed by atoms with E-state index in [4.69, 9.17) is 5.73 Å². The quantitative estimate of drug-likeness (QED) is 0.884. The van der Waals surface area contributed by atoms with Crippen LogP contribution < -0.4 is 11.1 Å². The highest BCUT2D eigenvalue weighted by atomic mass is 79.9. The maximum absolute atomic E-state index is 12.1. The molecule has 1 aromatic carbocycles. The standard InChI is InChI=1S/C14H20BrN3O/c1-14(13(16)19,11-4-2-5-12(15)10-11)18-8-3-6-17-7-9-18/h2,4-5,10,17H,3,6-9H2,1H3,(H2,16,19). The third-order valence-electron chi connectivity index (χ3n) is 3.84. The summed E-state index contributed by atoms with van der Waals surface area (Å²) < 4.78 is 0.963. The topological polar surface area (TPSA) is 58.4 Å². The number of hydrogen-bond donors (Lipinski definition) is 2. The van der Waals surface area contributed by atoms with E-state index in [0.29, 0.717) is 0 Å². The maximum Gasteiger partial charge on any atom is 0.242 e. The fourth-order valence-electron chi connectivity index (χ4n) is 2.56. The Labute approximate surface area is 122 Å². The summed E-state index contributed by atoms with van der Waals surface area (Å²) in [6, 6.07) is 7.84. The van der Waals surface area contributed by atoms with E-state index in [0.717, 1.165) is 42.6 Å². The van der Waals surface area contributed by atoms with Gasteiger partial charge in [-0.15, -0.1) is 0 Å². The third-order valence-corrected chi connectivity index (χ3v) is 4.33. The molecule has 104 valence electrons. The van der Waals surface area contributed by atoms with Crippen LogP contribution in [-0.4, -0.2) is 37.0 Å². The maximum atomic E-state index is 12.1. The summed E-state index contributed by atoms with van der Waals surface area (Å²) in [5.74, 6) is -0.299. The molecule has 5 heteroatoms. The minimum atomic E-state index is -0.754. The second kappa shape index (κ2) is 6.03. The van der Waals surface area contributed by atoms with Gasteiger partial charge in [-0.05, 0) is 37.6 Å². The minimum Gasteiger partial charge on any atom is -0.368 e. The second-order valence-electron chi connectivity index (χ2n) is 5.04. The number of benzene rings is 1. The zero-order valence-corrected chi connectivity index (χ0v) is 12.7. The Balaban J connectivity index is 2.38. The summed E-state index contributed by atoms with van der Waals surface area (Å²) in [4.78, 5) is 14.3. The molecule has 0 aliphatic carbocycles. The molecule has 1 aromatic rings. The molecular weight excluding hydrogens is 306 g/mol. The Morgan fingerprint density at radius 3 is 2.89 bits per heavy atom. The lowest BCUT2D eigenvalue weighted by atomic mass is 9.89. The predicted molar refractivity (Wildman–Crippen MR) is 79.7 cm³/mol. The van der Waals surface area contributed by atoms with Gasteiger partial charge in [0, 0.05) is 24.1 Å². The number of nitrogens with two attached hydrogens (primary N) is 1. The Morgan fingerprint density at radius 1 is 1.42 bits per heavy atom. The first-order valence-electron chi connectivity index (χ1n) is 6.57. The van der Waals surface area contributed by atoms with Crippen molar-refractivity contribution in [1.29, 1.82) is 0 Å². The first-order valence-corrected chi connectivity index (χ1v) is 7.36. The van der Waals surface area contributed by atoms with Gasteiger partial charge in [0.2, 0.25) is 5.91 Å². The van der Waals surface area contributed by atoms with E-state index in [9.17, 15) is 4.79 Å². The summed E-state index contributed by atoms with van der Waals surface area (Å²) >= 11 is 3.46. The number of halogens is 1. The Kier molecular flexibility index (Phi) is 4.60. The number of nitrogens with one attached hydrogen (secondary N) is 1. The summed E-state index contributed by atoms with van der Waals surface area (Å²) in [6.45, 7) is 5.49. The molecule has 19 heavy (non-hydrogen) atoms. The molecule has 1 heterocycles. The van der Waals surface area contributed by atoms with Crippen LogP contribution in [0.25, 0.3) is 0 Å². The monoisotopic (exact) mass is 325 g/mol. The number of amides is 1. The molecule has 1 fully saturated rings. The van der Waals surface area contributed by atoms with Crippen LogP contribution in [-0.2, 0) is 10.3 Å². The zero-order chi connectivity index (χ0) is 13.9. The summed E-state index contributed by atoms with van der Waals surface area (Å²) in [5, 5.41) is 3.35. The molecule has 4 nitrogen and oxygen atoms in total. The summed E-state index contributed by atoms with van der Waals surface area (Å²) in [7, 11) is 0. The zero-order valence-electron chi connectivity index (χ0n) is 11.2. The van der Waals surface area contributed by atoms with Crippen molar-refractivity contribution in [2.24, 2.45) is 5.73 Å². The van der Waals surface area contributed by atoms with Crippen molar-refractivity contribution in [1.82, 2.24) is 10.2 Å². The average Bonchev–Trinajstić information content (AvgIpc) is 2.66. The molecule has 0 aromatic heterocycles. The van der Waals surface area contributed by atoms with Crippen molar-refractivity contribution in [2.75, 3.05) is 26.2 Å².